The van der Waals surface area contributed by atoms with Crippen molar-refractivity contribution in [2.45, 2.75) is 45.4 Å². The molecule has 0 unspecified atom stereocenters. The van der Waals surface area contributed by atoms with E-state index in [0.29, 0.717) is 12.3 Å². The van der Waals surface area contributed by atoms with E-state index in [1.807, 2.05) is 30.1 Å². The molecular formula is C23H34N6O. The van der Waals surface area contributed by atoms with Gasteiger partial charge in [-0.15, -0.1) is 0 Å². The number of carbonyl (C=O) groups is 1. The average Bonchev–Trinajstić information content (AvgIpc) is 2.80. The Balaban J connectivity index is 1.45. The van der Waals surface area contributed by atoms with Gasteiger partial charge in [-0.2, -0.15) is 0 Å². The molecule has 1 aliphatic heterocycles. The monoisotopic (exact) mass is 410 g/mol. The van der Waals surface area contributed by atoms with Crippen LogP contribution in [0.15, 0.2) is 36.9 Å². The number of pyridine rings is 1. The van der Waals surface area contributed by atoms with Gasteiger partial charge < -0.3 is 15.1 Å². The molecule has 0 radical (unpaired) electrons. The Morgan fingerprint density at radius 1 is 1.30 bits per heavy atom. The van der Waals surface area contributed by atoms with Crippen molar-refractivity contribution < 1.29 is 4.79 Å². The van der Waals surface area contributed by atoms with Gasteiger partial charge in [-0.3, -0.25) is 9.78 Å². The van der Waals surface area contributed by atoms with Crippen LogP contribution in [-0.2, 0) is 11.2 Å². The number of anilines is 2. The number of aromatic nitrogens is 3. The molecule has 1 aliphatic rings. The summed E-state index contributed by atoms with van der Waals surface area (Å²) in [6, 6.07) is 6.05. The third kappa shape index (κ3) is 6.68. The lowest BCUT2D eigenvalue weighted by Crippen LogP contribution is -2.37. The molecule has 7 nitrogen and oxygen atoms in total. The molecular weight excluding hydrogens is 376 g/mol. The topological polar surface area (TPSA) is 74.2 Å². The zero-order valence-electron chi connectivity index (χ0n) is 18.3. The summed E-state index contributed by atoms with van der Waals surface area (Å²) in [5.74, 6) is 2.62. The lowest BCUT2D eigenvalue weighted by Gasteiger charge is -2.33. The summed E-state index contributed by atoms with van der Waals surface area (Å²) in [6.07, 6.45) is 11.0. The second-order valence-corrected chi connectivity index (χ2v) is 8.10. The fraction of sp³-hybridized carbons (Fsp3) is 0.565. The molecule has 7 heteroatoms. The summed E-state index contributed by atoms with van der Waals surface area (Å²) in [5.41, 5.74) is 1.21. The second-order valence-electron chi connectivity index (χ2n) is 8.10. The van der Waals surface area contributed by atoms with Gasteiger partial charge in [0, 0.05) is 58.1 Å². The lowest BCUT2D eigenvalue weighted by atomic mass is 9.93. The highest BCUT2D eigenvalue weighted by Crippen LogP contribution is 2.25. The zero-order valence-corrected chi connectivity index (χ0v) is 18.3. The van der Waals surface area contributed by atoms with E-state index < -0.39 is 0 Å². The fourth-order valence-electron chi connectivity index (χ4n) is 3.87. The Morgan fingerprint density at radius 2 is 2.13 bits per heavy atom. The SMILES string of the molecule is CCCNc1cc(N2CCC[C@H](CCC(=O)N(C)CCc3ccncc3)C2)ncn1. The maximum atomic E-state index is 12.6. The highest BCUT2D eigenvalue weighted by Gasteiger charge is 2.22. The predicted molar refractivity (Wildman–Crippen MR) is 121 cm³/mol. The standard InChI is InChI=1S/C23H34N6O/c1-3-11-25-21-16-22(27-18-26-21)29-14-4-5-20(17-29)6-7-23(30)28(2)15-10-19-8-12-24-13-9-19/h8-9,12-13,16,18,20H,3-7,10-11,14-15,17H2,1-2H3,(H,25,26,27)/t20-/m1/s1. The molecule has 3 rings (SSSR count). The first-order valence-corrected chi connectivity index (χ1v) is 11.1. The van der Waals surface area contributed by atoms with Crippen molar-refractivity contribution in [2.75, 3.05) is 43.4 Å². The van der Waals surface area contributed by atoms with Crippen molar-refractivity contribution in [3.05, 3.63) is 42.5 Å². The Bertz CT molecular complexity index is 784. The van der Waals surface area contributed by atoms with Gasteiger partial charge in [-0.25, -0.2) is 9.97 Å². The molecule has 162 valence electrons. The number of carbonyl (C=O) groups excluding carboxylic acids is 1. The normalized spacial score (nSPS) is 16.3. The van der Waals surface area contributed by atoms with E-state index in [4.69, 9.17) is 0 Å². The highest BCUT2D eigenvalue weighted by molar-refractivity contribution is 5.75. The first-order chi connectivity index (χ1) is 14.7. The van der Waals surface area contributed by atoms with E-state index in [9.17, 15) is 4.79 Å². The number of amides is 1. The number of piperidine rings is 1. The molecule has 0 saturated carbocycles. The van der Waals surface area contributed by atoms with Crippen LogP contribution in [0.5, 0.6) is 0 Å². The third-order valence-corrected chi connectivity index (χ3v) is 5.73. The molecule has 2 aromatic rings. The number of nitrogens with one attached hydrogen (secondary N) is 1. The van der Waals surface area contributed by atoms with Crippen LogP contribution in [0.4, 0.5) is 11.6 Å². The Kier molecular flexibility index (Phi) is 8.41. The van der Waals surface area contributed by atoms with E-state index in [-0.39, 0.29) is 5.91 Å². The number of likely N-dealkylation sites (N-methyl/N-ethyl adjacent to an activating group) is 1. The van der Waals surface area contributed by atoms with E-state index >= 15 is 0 Å². The molecule has 1 amide bonds. The van der Waals surface area contributed by atoms with Crippen LogP contribution in [0.1, 0.15) is 44.6 Å². The molecule has 1 atom stereocenters. The predicted octanol–water partition coefficient (Wildman–Crippen LogP) is 3.39. The smallest absolute Gasteiger partial charge is 0.222 e. The van der Waals surface area contributed by atoms with Crippen molar-refractivity contribution >= 4 is 17.5 Å². The van der Waals surface area contributed by atoms with Crippen molar-refractivity contribution in [3.63, 3.8) is 0 Å². The van der Waals surface area contributed by atoms with Gasteiger partial charge >= 0.3 is 0 Å². The van der Waals surface area contributed by atoms with Crippen LogP contribution < -0.4 is 10.2 Å². The quantitative estimate of drug-likeness (QED) is 0.647. The molecule has 30 heavy (non-hydrogen) atoms. The first kappa shape index (κ1) is 22.0. The van der Waals surface area contributed by atoms with Gasteiger partial charge in [0.1, 0.15) is 18.0 Å². The van der Waals surface area contributed by atoms with Crippen molar-refractivity contribution in [1.29, 1.82) is 0 Å². The van der Waals surface area contributed by atoms with Gasteiger partial charge in [-0.1, -0.05) is 6.92 Å². The van der Waals surface area contributed by atoms with E-state index in [2.05, 4.69) is 32.1 Å². The minimum Gasteiger partial charge on any atom is -0.370 e. The molecule has 0 aromatic carbocycles. The Morgan fingerprint density at radius 3 is 2.93 bits per heavy atom. The molecule has 2 aromatic heterocycles. The Hall–Kier alpha value is -2.70. The minimum atomic E-state index is 0.231. The summed E-state index contributed by atoms with van der Waals surface area (Å²) >= 11 is 0. The van der Waals surface area contributed by atoms with Gasteiger partial charge in [0.2, 0.25) is 5.91 Å². The van der Waals surface area contributed by atoms with Gasteiger partial charge in [0.05, 0.1) is 0 Å². The average molecular weight is 411 g/mol. The van der Waals surface area contributed by atoms with Crippen LogP contribution in [0, 0.1) is 5.92 Å². The molecule has 0 aliphatic carbocycles. The fourth-order valence-corrected chi connectivity index (χ4v) is 3.87. The summed E-state index contributed by atoms with van der Waals surface area (Å²) in [5, 5.41) is 3.33. The summed E-state index contributed by atoms with van der Waals surface area (Å²) in [4.78, 5) is 29.6. The molecule has 1 saturated heterocycles. The summed E-state index contributed by atoms with van der Waals surface area (Å²) < 4.78 is 0. The van der Waals surface area contributed by atoms with Crippen molar-refractivity contribution in [3.8, 4) is 0 Å². The van der Waals surface area contributed by atoms with E-state index in [1.54, 1.807) is 18.7 Å². The highest BCUT2D eigenvalue weighted by atomic mass is 16.2. The molecule has 1 fully saturated rings. The Labute approximate surface area is 179 Å². The van der Waals surface area contributed by atoms with Gasteiger partial charge in [0.25, 0.3) is 0 Å². The number of nitrogens with zero attached hydrogens (tertiary/aromatic N) is 5. The van der Waals surface area contributed by atoms with Crippen LogP contribution in [0.2, 0.25) is 0 Å². The number of hydrogen-bond donors (Lipinski definition) is 1. The van der Waals surface area contributed by atoms with E-state index in [0.717, 1.165) is 63.5 Å². The zero-order chi connectivity index (χ0) is 21.2. The number of hydrogen-bond acceptors (Lipinski definition) is 6. The second kappa shape index (κ2) is 11.5. The first-order valence-electron chi connectivity index (χ1n) is 11.1. The van der Waals surface area contributed by atoms with Crippen LogP contribution in [0.25, 0.3) is 0 Å². The number of rotatable bonds is 10. The van der Waals surface area contributed by atoms with Crippen LogP contribution in [-0.4, -0.2) is 59.0 Å². The maximum absolute atomic E-state index is 12.6. The van der Waals surface area contributed by atoms with Crippen molar-refractivity contribution in [2.24, 2.45) is 5.92 Å². The summed E-state index contributed by atoms with van der Waals surface area (Å²) in [6.45, 7) is 5.77. The van der Waals surface area contributed by atoms with Crippen molar-refractivity contribution in [1.82, 2.24) is 19.9 Å². The molecule has 0 bridgehead atoms. The van der Waals surface area contributed by atoms with Crippen LogP contribution >= 0.6 is 0 Å². The molecule has 0 spiro atoms. The molecule has 3 heterocycles. The van der Waals surface area contributed by atoms with Gasteiger partial charge in [-0.05, 0) is 55.7 Å². The molecule has 1 N–H and O–H groups in total. The minimum absolute atomic E-state index is 0.231. The summed E-state index contributed by atoms with van der Waals surface area (Å²) in [7, 11) is 1.91. The van der Waals surface area contributed by atoms with Crippen LogP contribution in [0.3, 0.4) is 0 Å². The maximum Gasteiger partial charge on any atom is 0.222 e. The largest absolute Gasteiger partial charge is 0.370 e. The van der Waals surface area contributed by atoms with Gasteiger partial charge in [0.15, 0.2) is 0 Å². The lowest BCUT2D eigenvalue weighted by molar-refractivity contribution is -0.130. The van der Waals surface area contributed by atoms with E-state index in [1.165, 1.54) is 12.0 Å². The third-order valence-electron chi connectivity index (χ3n) is 5.73.